The number of hydrogen-bond donors (Lipinski definition) is 14. The Morgan fingerprint density at radius 1 is 0.324 bits per heavy atom. The van der Waals surface area contributed by atoms with Crippen LogP contribution in [0.15, 0.2) is 0 Å². The first kappa shape index (κ1) is 65.6. The first-order chi connectivity index (χ1) is 35.7. The molecule has 4 aliphatic heterocycles. The molecule has 4 heterocycles. The minimum atomic E-state index is -1.95. The van der Waals surface area contributed by atoms with E-state index >= 15 is 0 Å². The minimum Gasteiger partial charge on any atom is -0.394 e. The van der Waals surface area contributed by atoms with Gasteiger partial charge in [-0.1, -0.05) is 117 Å². The molecule has 4 fully saturated rings. The molecule has 14 N–H and O–H groups in total. The van der Waals surface area contributed by atoms with Gasteiger partial charge in [0.1, 0.15) is 110 Å². The van der Waals surface area contributed by atoms with Crippen LogP contribution in [0.1, 0.15) is 129 Å². The Labute approximate surface area is 435 Å². The van der Waals surface area contributed by atoms with Gasteiger partial charge in [0.05, 0.1) is 39.6 Å². The van der Waals surface area contributed by atoms with Gasteiger partial charge >= 0.3 is 0 Å². The van der Waals surface area contributed by atoms with E-state index in [-0.39, 0.29) is 26.4 Å². The van der Waals surface area contributed by atoms with Gasteiger partial charge in [-0.25, -0.2) is 0 Å². The van der Waals surface area contributed by atoms with Crippen LogP contribution < -0.4 is 0 Å². The summed E-state index contributed by atoms with van der Waals surface area (Å²) in [4.78, 5) is 0. The van der Waals surface area contributed by atoms with Gasteiger partial charge in [-0.3, -0.25) is 0 Å². The third kappa shape index (κ3) is 19.7. The smallest absolute Gasteiger partial charge is 0.187 e. The van der Waals surface area contributed by atoms with Crippen molar-refractivity contribution in [2.24, 2.45) is 0 Å². The zero-order chi connectivity index (χ0) is 54.2. The van der Waals surface area contributed by atoms with Crippen LogP contribution in [-0.4, -0.2) is 259 Å². The van der Waals surface area contributed by atoms with Gasteiger partial charge < -0.3 is 119 Å². The molecular weight excluding hydrogens is 985 g/mol. The summed E-state index contributed by atoms with van der Waals surface area (Å²) in [5, 5.41) is 149. The maximum Gasteiger partial charge on any atom is 0.187 e. The van der Waals surface area contributed by atoms with E-state index < -0.39 is 161 Å². The lowest BCUT2D eigenvalue weighted by Gasteiger charge is -2.47. The fourth-order valence-corrected chi connectivity index (χ4v) is 9.58. The molecule has 0 aromatic carbocycles. The molecule has 24 nitrogen and oxygen atoms in total. The molecule has 0 spiro atoms. The molecule has 4 aliphatic rings. The van der Waals surface area contributed by atoms with Crippen molar-refractivity contribution >= 4 is 0 Å². The Morgan fingerprint density at radius 2 is 0.608 bits per heavy atom. The normalized spacial score (nSPS) is 37.8. The molecule has 0 aromatic heterocycles. The highest BCUT2D eigenvalue weighted by atomic mass is 16.8. The highest BCUT2D eigenvalue weighted by Crippen LogP contribution is 2.33. The monoisotopic (exact) mass is 1080 g/mol. The SMILES string of the molecule is CCCCCCCCCCCOC[C@H](O[C@@H]1OC(CO)[C@@H](O[C@H]2OC(CO)[C@@H](O)[C@H](O)C2O)[C@H](O)C1O)[C@H](COCCCCCCCCCCC)O[C@@H]1OC(CO)[C@@H](O[C@H]2OC(CO)[C@@H](O)[C@H](O)C2O)[C@H](O)C1O. The molecule has 4 rings (SSSR count). The van der Waals surface area contributed by atoms with Crippen LogP contribution in [0.5, 0.6) is 0 Å². The summed E-state index contributed by atoms with van der Waals surface area (Å²) in [6.45, 7) is 1.10. The predicted molar refractivity (Wildman–Crippen MR) is 259 cm³/mol. The van der Waals surface area contributed by atoms with E-state index in [4.69, 9.17) is 47.4 Å². The lowest BCUT2D eigenvalue weighted by Crippen LogP contribution is -2.66. The maximum atomic E-state index is 11.6. The summed E-state index contributed by atoms with van der Waals surface area (Å²) in [6.07, 6.45) is -18.2. The molecular formula is C50H94O24. The fraction of sp³-hybridized carbons (Fsp3) is 1.00. The van der Waals surface area contributed by atoms with E-state index in [0.717, 1.165) is 64.2 Å². The van der Waals surface area contributed by atoms with Crippen molar-refractivity contribution in [3.8, 4) is 0 Å². The first-order valence-corrected chi connectivity index (χ1v) is 27.3. The quantitative estimate of drug-likeness (QED) is 0.0302. The molecule has 0 amide bonds. The summed E-state index contributed by atoms with van der Waals surface area (Å²) in [6, 6.07) is 0. The third-order valence-corrected chi connectivity index (χ3v) is 14.3. The number of aliphatic hydroxyl groups is 14. The van der Waals surface area contributed by atoms with Crippen molar-refractivity contribution in [3.63, 3.8) is 0 Å². The Kier molecular flexibility index (Phi) is 31.5. The standard InChI is InChI=1S/C50H94O24/c1-3-5-7-9-11-13-15-17-19-21-65-27-33(71-47-43(63)39(59)45(31(25-53)69-47)73-49-41(61)37(57)35(55)29(23-51)67-49)34(28-66-22-20-18-16-14-12-10-8-6-4-2)72-48-44(64)40(60)46(32(26-54)70-48)74-50-42(62)38(58)36(56)30(24-52)68-50/h29-64H,3-28H2,1-2H3/t29?,30?,31?,32?,33-,34-,35+,36+,37-,38-,39+,40+,41?,42?,43?,44?,45+,46+,47-,48-,49+,50+/m0/s1. The Bertz CT molecular complexity index is 1320. The summed E-state index contributed by atoms with van der Waals surface area (Å²) < 4.78 is 59.4. The summed E-state index contributed by atoms with van der Waals surface area (Å²) in [5.41, 5.74) is 0. The van der Waals surface area contributed by atoms with Crippen molar-refractivity contribution in [2.75, 3.05) is 52.9 Å². The van der Waals surface area contributed by atoms with Gasteiger partial charge in [0, 0.05) is 13.2 Å². The average molecular weight is 1080 g/mol. The fourth-order valence-electron chi connectivity index (χ4n) is 9.58. The molecule has 0 aromatic rings. The van der Waals surface area contributed by atoms with Crippen LogP contribution in [0.4, 0.5) is 0 Å². The average Bonchev–Trinajstić information content (AvgIpc) is 3.40. The van der Waals surface area contributed by atoms with Gasteiger partial charge in [-0.2, -0.15) is 0 Å². The highest BCUT2D eigenvalue weighted by molar-refractivity contribution is 4.97. The van der Waals surface area contributed by atoms with E-state index in [9.17, 15) is 71.5 Å². The van der Waals surface area contributed by atoms with Crippen molar-refractivity contribution < 1.29 is 119 Å². The molecule has 0 radical (unpaired) electrons. The van der Waals surface area contributed by atoms with E-state index in [1.54, 1.807) is 0 Å². The highest BCUT2D eigenvalue weighted by Gasteiger charge is 2.54. The Morgan fingerprint density at radius 3 is 0.919 bits per heavy atom. The second-order valence-electron chi connectivity index (χ2n) is 20.2. The van der Waals surface area contributed by atoms with Gasteiger partial charge in [0.25, 0.3) is 0 Å². The zero-order valence-corrected chi connectivity index (χ0v) is 43.4. The largest absolute Gasteiger partial charge is 0.394 e. The molecule has 0 bridgehead atoms. The lowest BCUT2D eigenvalue weighted by molar-refractivity contribution is -0.377. The van der Waals surface area contributed by atoms with Crippen molar-refractivity contribution in [3.05, 3.63) is 0 Å². The molecule has 4 saturated heterocycles. The lowest BCUT2D eigenvalue weighted by atomic mass is 9.96. The van der Waals surface area contributed by atoms with E-state index in [0.29, 0.717) is 12.8 Å². The minimum absolute atomic E-state index is 0.261. The van der Waals surface area contributed by atoms with Crippen molar-refractivity contribution in [1.29, 1.82) is 0 Å². The summed E-state index contributed by atoms with van der Waals surface area (Å²) in [7, 11) is 0. The number of unbranched alkanes of at least 4 members (excludes halogenated alkanes) is 16. The van der Waals surface area contributed by atoms with Crippen LogP contribution in [0, 0.1) is 0 Å². The maximum absolute atomic E-state index is 11.6. The van der Waals surface area contributed by atoms with Gasteiger partial charge in [-0.15, -0.1) is 0 Å². The van der Waals surface area contributed by atoms with Crippen LogP contribution >= 0.6 is 0 Å². The molecule has 0 saturated carbocycles. The summed E-state index contributed by atoms with van der Waals surface area (Å²) in [5.74, 6) is 0. The molecule has 438 valence electrons. The number of ether oxygens (including phenoxy) is 10. The first-order valence-electron chi connectivity index (χ1n) is 27.3. The van der Waals surface area contributed by atoms with Crippen LogP contribution in [0.2, 0.25) is 0 Å². The molecule has 8 unspecified atom stereocenters. The number of rotatable bonds is 37. The topological polar surface area (TPSA) is 376 Å². The molecule has 0 aliphatic carbocycles. The van der Waals surface area contributed by atoms with Crippen molar-refractivity contribution in [2.45, 2.75) is 264 Å². The molecule has 74 heavy (non-hydrogen) atoms. The van der Waals surface area contributed by atoms with E-state index in [2.05, 4.69) is 13.8 Å². The second-order valence-corrected chi connectivity index (χ2v) is 20.2. The van der Waals surface area contributed by atoms with Crippen molar-refractivity contribution in [1.82, 2.24) is 0 Å². The van der Waals surface area contributed by atoms with Crippen LogP contribution in [-0.2, 0) is 47.4 Å². The van der Waals surface area contributed by atoms with E-state index in [1.807, 2.05) is 0 Å². The zero-order valence-electron chi connectivity index (χ0n) is 43.4. The van der Waals surface area contributed by atoms with Crippen LogP contribution in [0.25, 0.3) is 0 Å². The molecule has 22 atom stereocenters. The third-order valence-electron chi connectivity index (χ3n) is 14.3. The van der Waals surface area contributed by atoms with Crippen LogP contribution in [0.3, 0.4) is 0 Å². The Balaban J connectivity index is 1.55. The van der Waals surface area contributed by atoms with Gasteiger partial charge in [-0.05, 0) is 12.8 Å². The number of aliphatic hydroxyl groups excluding tert-OH is 14. The van der Waals surface area contributed by atoms with E-state index in [1.165, 1.54) is 38.5 Å². The predicted octanol–water partition coefficient (Wildman–Crippen LogP) is -1.90. The number of hydrogen-bond acceptors (Lipinski definition) is 24. The van der Waals surface area contributed by atoms with Gasteiger partial charge in [0.15, 0.2) is 25.2 Å². The van der Waals surface area contributed by atoms with Gasteiger partial charge in [0.2, 0.25) is 0 Å². The summed E-state index contributed by atoms with van der Waals surface area (Å²) >= 11 is 0. The second kappa shape index (κ2) is 35.6. The molecule has 24 heteroatoms. The Hall–Kier alpha value is -0.960.